The molecule has 2 aliphatic rings. The van der Waals surface area contributed by atoms with Crippen molar-refractivity contribution in [3.05, 3.63) is 33.1 Å². The Morgan fingerprint density at radius 2 is 2.33 bits per heavy atom. The molecule has 2 saturated heterocycles. The lowest BCUT2D eigenvalue weighted by atomic mass is 9.83. The van der Waals surface area contributed by atoms with Gasteiger partial charge in [0.05, 0.1) is 6.61 Å². The monoisotopic (exact) mass is 312 g/mol. The van der Waals surface area contributed by atoms with Crippen molar-refractivity contribution in [3.63, 3.8) is 0 Å². The lowest BCUT2D eigenvalue weighted by molar-refractivity contribution is -0.0565. The van der Waals surface area contributed by atoms with Gasteiger partial charge in [-0.25, -0.2) is 4.79 Å². The molecule has 3 heterocycles. The first kappa shape index (κ1) is 14.3. The summed E-state index contributed by atoms with van der Waals surface area (Å²) in [4.78, 5) is 25.2. The fraction of sp³-hybridized carbons (Fsp3) is 0.500. The summed E-state index contributed by atoms with van der Waals surface area (Å²) >= 11 is 0. The third-order valence-electron chi connectivity index (χ3n) is 3.75. The second-order valence-electron chi connectivity index (χ2n) is 5.07. The van der Waals surface area contributed by atoms with Crippen molar-refractivity contribution in [2.45, 2.75) is 25.4 Å². The second kappa shape index (κ2) is 4.97. The van der Waals surface area contributed by atoms with E-state index in [4.69, 9.17) is 20.2 Å². The Morgan fingerprint density at radius 3 is 3.00 bits per heavy atom. The Bertz CT molecular complexity index is 749. The summed E-state index contributed by atoms with van der Waals surface area (Å²) in [5.41, 5.74) is -2.17. The Labute approximate surface area is 120 Å². The van der Waals surface area contributed by atoms with E-state index in [0.29, 0.717) is 0 Å². The predicted octanol–water partition coefficient (Wildman–Crippen LogP) is -0.121. The first-order valence-corrected chi connectivity index (χ1v) is 7.46. The fourth-order valence-electron chi connectivity index (χ4n) is 2.64. The highest BCUT2D eigenvalue weighted by atomic mass is 31.1. The number of H-pyrrole nitrogens is 1. The van der Waals surface area contributed by atoms with Crippen molar-refractivity contribution in [1.82, 2.24) is 9.55 Å². The minimum atomic E-state index is -2.62. The highest BCUT2D eigenvalue weighted by Crippen LogP contribution is 2.51. The average molecular weight is 312 g/mol. The Kier molecular flexibility index (Phi) is 3.38. The van der Waals surface area contributed by atoms with E-state index >= 15 is 0 Å². The lowest BCUT2D eigenvalue weighted by Crippen LogP contribution is -2.42. The number of terminal acetylenes is 1. The van der Waals surface area contributed by atoms with Gasteiger partial charge in [-0.15, -0.1) is 6.42 Å². The van der Waals surface area contributed by atoms with Gasteiger partial charge >= 0.3 is 13.9 Å². The molecule has 0 radical (unpaired) electrons. The maximum absolute atomic E-state index is 11.9. The van der Waals surface area contributed by atoms with Crippen LogP contribution in [0.1, 0.15) is 13.2 Å². The third-order valence-corrected chi connectivity index (χ3v) is 4.60. The zero-order chi connectivity index (χ0) is 15.2. The summed E-state index contributed by atoms with van der Waals surface area (Å²) in [6.07, 6.45) is 4.88. The topological polar surface area (TPSA) is 99.6 Å². The molecule has 0 spiro atoms. The molecule has 0 bridgehead atoms. The Hall–Kier alpha value is -1.65. The van der Waals surface area contributed by atoms with Crippen LogP contribution >= 0.6 is 8.25 Å². The third kappa shape index (κ3) is 2.19. The molecule has 2 fully saturated rings. The molecule has 21 heavy (non-hydrogen) atoms. The normalized spacial score (nSPS) is 38.7. The SMILES string of the molecule is C#C[C@]1(C)[C@@H]2O[PH](=O)OCC2O[C@H]1n1ccc(=O)[nH]c1=O. The van der Waals surface area contributed by atoms with Gasteiger partial charge in [-0.1, -0.05) is 5.92 Å². The van der Waals surface area contributed by atoms with Crippen molar-refractivity contribution >= 4 is 8.25 Å². The summed E-state index contributed by atoms with van der Waals surface area (Å²) in [7, 11) is -2.62. The highest BCUT2D eigenvalue weighted by molar-refractivity contribution is 7.33. The van der Waals surface area contributed by atoms with E-state index in [1.807, 2.05) is 0 Å². The number of rotatable bonds is 1. The number of ether oxygens (including phenoxy) is 1. The number of hydrogen-bond acceptors (Lipinski definition) is 6. The minimum Gasteiger partial charge on any atom is -0.348 e. The quantitative estimate of drug-likeness (QED) is 0.573. The van der Waals surface area contributed by atoms with Crippen LogP contribution < -0.4 is 11.2 Å². The molecule has 2 unspecified atom stereocenters. The van der Waals surface area contributed by atoms with Gasteiger partial charge in [-0.05, 0) is 6.92 Å². The molecule has 9 heteroatoms. The first-order valence-electron chi connectivity index (χ1n) is 6.24. The molecule has 2 aliphatic heterocycles. The molecule has 0 saturated carbocycles. The van der Waals surface area contributed by atoms with Gasteiger partial charge in [0.1, 0.15) is 17.6 Å². The second-order valence-corrected chi connectivity index (χ2v) is 6.10. The van der Waals surface area contributed by atoms with Crippen LogP contribution in [0.2, 0.25) is 0 Å². The van der Waals surface area contributed by atoms with E-state index in [1.54, 1.807) is 6.92 Å². The van der Waals surface area contributed by atoms with E-state index in [2.05, 4.69) is 10.9 Å². The first-order chi connectivity index (χ1) is 9.95. The van der Waals surface area contributed by atoms with Crippen molar-refractivity contribution in [3.8, 4) is 12.3 Å². The van der Waals surface area contributed by atoms with Gasteiger partial charge in [0.15, 0.2) is 6.23 Å². The molecule has 112 valence electrons. The number of aromatic amines is 1. The summed E-state index contributed by atoms with van der Waals surface area (Å²) in [5, 5.41) is 0. The summed E-state index contributed by atoms with van der Waals surface area (Å²) < 4.78 is 28.7. The van der Waals surface area contributed by atoms with E-state index < -0.39 is 43.4 Å². The number of nitrogens with one attached hydrogen (secondary N) is 1. The minimum absolute atomic E-state index is 0.0777. The van der Waals surface area contributed by atoms with Crippen LogP contribution in [0.4, 0.5) is 0 Å². The molecule has 1 aromatic rings. The van der Waals surface area contributed by atoms with Crippen molar-refractivity contribution in [1.29, 1.82) is 0 Å². The van der Waals surface area contributed by atoms with Gasteiger partial charge in [0, 0.05) is 12.3 Å². The maximum atomic E-state index is 11.9. The molecule has 5 atom stereocenters. The van der Waals surface area contributed by atoms with E-state index in [0.717, 1.165) is 0 Å². The molecule has 0 amide bonds. The molecule has 0 aromatic carbocycles. The Morgan fingerprint density at radius 1 is 1.57 bits per heavy atom. The van der Waals surface area contributed by atoms with Crippen molar-refractivity contribution in [2.75, 3.05) is 6.61 Å². The fourth-order valence-corrected chi connectivity index (χ4v) is 3.61. The summed E-state index contributed by atoms with van der Waals surface area (Å²) in [5.74, 6) is 2.57. The Balaban J connectivity index is 2.07. The zero-order valence-corrected chi connectivity index (χ0v) is 12.1. The van der Waals surface area contributed by atoms with Crippen molar-refractivity contribution in [2.24, 2.45) is 5.41 Å². The lowest BCUT2D eigenvalue weighted by Gasteiger charge is -2.32. The van der Waals surface area contributed by atoms with Crippen LogP contribution in [0.3, 0.4) is 0 Å². The van der Waals surface area contributed by atoms with Crippen LogP contribution in [0.25, 0.3) is 0 Å². The standard InChI is InChI=1S/C12H13N2O6P/c1-3-12(2)9-7(6-18-21(17)20-9)19-10(12)14-5-4-8(15)13-11(14)16/h1,4-5,7,9-10,21H,6H2,2H3,(H,13,15,16)/t7?,9-,10-,12-/m1/s1. The summed E-state index contributed by atoms with van der Waals surface area (Å²) in [6, 6.07) is 1.20. The molecule has 3 rings (SSSR count). The summed E-state index contributed by atoms with van der Waals surface area (Å²) in [6.45, 7) is 1.76. The van der Waals surface area contributed by atoms with E-state index in [1.165, 1.54) is 16.8 Å². The van der Waals surface area contributed by atoms with Crippen LogP contribution in [0.15, 0.2) is 21.9 Å². The number of nitrogens with zero attached hydrogens (tertiary/aromatic N) is 1. The van der Waals surface area contributed by atoms with Crippen LogP contribution in [-0.2, 0) is 18.3 Å². The van der Waals surface area contributed by atoms with Crippen LogP contribution in [-0.4, -0.2) is 28.4 Å². The molecule has 8 nitrogen and oxygen atoms in total. The molecule has 0 aliphatic carbocycles. The maximum Gasteiger partial charge on any atom is 0.330 e. The predicted molar refractivity (Wildman–Crippen MR) is 72.0 cm³/mol. The van der Waals surface area contributed by atoms with Gasteiger partial charge in [0.25, 0.3) is 5.56 Å². The van der Waals surface area contributed by atoms with Gasteiger partial charge in [-0.3, -0.25) is 18.9 Å². The number of fused-ring (bicyclic) bond motifs is 1. The van der Waals surface area contributed by atoms with E-state index in [9.17, 15) is 14.2 Å². The number of hydrogen-bond donors (Lipinski definition) is 1. The smallest absolute Gasteiger partial charge is 0.330 e. The molecule has 1 N–H and O–H groups in total. The largest absolute Gasteiger partial charge is 0.348 e. The number of aromatic nitrogens is 2. The highest BCUT2D eigenvalue weighted by Gasteiger charge is 2.57. The van der Waals surface area contributed by atoms with Crippen molar-refractivity contribution < 1.29 is 18.3 Å². The average Bonchev–Trinajstić information content (AvgIpc) is 2.73. The van der Waals surface area contributed by atoms with Gasteiger partial charge in [-0.2, -0.15) is 0 Å². The van der Waals surface area contributed by atoms with Gasteiger partial charge < -0.3 is 13.8 Å². The molecule has 1 aromatic heterocycles. The molecular weight excluding hydrogens is 299 g/mol. The van der Waals surface area contributed by atoms with Crippen LogP contribution in [0.5, 0.6) is 0 Å². The zero-order valence-electron chi connectivity index (χ0n) is 11.1. The van der Waals surface area contributed by atoms with Gasteiger partial charge in [0.2, 0.25) is 0 Å². The van der Waals surface area contributed by atoms with E-state index in [-0.39, 0.29) is 6.61 Å². The molecular formula is C12H13N2O6P. The van der Waals surface area contributed by atoms with Crippen LogP contribution in [0, 0.1) is 17.8 Å².